The zero-order valence-electron chi connectivity index (χ0n) is 9.72. The molecular weight excluding hydrogens is 224 g/mol. The van der Waals surface area contributed by atoms with Crippen molar-refractivity contribution in [3.63, 3.8) is 0 Å². The molecule has 0 bridgehead atoms. The van der Waals surface area contributed by atoms with Crippen molar-refractivity contribution in [2.24, 2.45) is 14.1 Å². The van der Waals surface area contributed by atoms with E-state index in [9.17, 15) is 9.59 Å². The van der Waals surface area contributed by atoms with Crippen LogP contribution in [0.2, 0.25) is 0 Å². The molecule has 2 aromatic heterocycles. The summed E-state index contributed by atoms with van der Waals surface area (Å²) in [5.41, 5.74) is 0.689. The van der Waals surface area contributed by atoms with Crippen LogP contribution in [0.1, 0.15) is 10.5 Å². The van der Waals surface area contributed by atoms with E-state index in [0.717, 1.165) is 0 Å². The van der Waals surface area contributed by atoms with Crippen molar-refractivity contribution in [2.75, 3.05) is 7.11 Å². The zero-order valence-corrected chi connectivity index (χ0v) is 9.72. The minimum Gasteiger partial charge on any atom is -0.464 e. The maximum Gasteiger partial charge on any atom is 0.356 e. The summed E-state index contributed by atoms with van der Waals surface area (Å²) in [6, 6.07) is 0. The van der Waals surface area contributed by atoms with E-state index in [1.165, 1.54) is 25.0 Å². The zero-order chi connectivity index (χ0) is 12.6. The number of rotatable bonds is 2. The molecule has 90 valence electrons. The average molecular weight is 236 g/mol. The van der Waals surface area contributed by atoms with Crippen LogP contribution in [-0.2, 0) is 18.8 Å². The molecule has 2 rings (SSSR count). The number of hydrogen-bond acceptors (Lipinski definition) is 4. The highest BCUT2D eigenvalue weighted by molar-refractivity contribution is 5.94. The maximum atomic E-state index is 11.9. The molecule has 0 saturated heterocycles. The molecule has 0 saturated carbocycles. The van der Waals surface area contributed by atoms with Crippen molar-refractivity contribution in [3.8, 4) is 11.1 Å². The molecule has 0 unspecified atom stereocenters. The lowest BCUT2D eigenvalue weighted by molar-refractivity contribution is 0.0594. The van der Waals surface area contributed by atoms with Crippen LogP contribution in [0.3, 0.4) is 0 Å². The molecule has 7 nitrogen and oxygen atoms in total. The number of aryl methyl sites for hydroxylation is 2. The molecule has 0 radical (unpaired) electrons. The Hall–Kier alpha value is -2.31. The Balaban J connectivity index is 2.67. The molecule has 0 aliphatic heterocycles. The number of carbonyl (C=O) groups is 1. The summed E-state index contributed by atoms with van der Waals surface area (Å²) in [6.45, 7) is 0. The van der Waals surface area contributed by atoms with E-state index in [1.807, 2.05) is 0 Å². The highest BCUT2D eigenvalue weighted by atomic mass is 16.5. The van der Waals surface area contributed by atoms with E-state index in [2.05, 4.69) is 14.9 Å². The highest BCUT2D eigenvalue weighted by Gasteiger charge is 2.21. The molecule has 0 atom stereocenters. The third-order valence-corrected chi connectivity index (χ3v) is 2.43. The van der Waals surface area contributed by atoms with Gasteiger partial charge in [-0.25, -0.2) is 4.79 Å². The maximum absolute atomic E-state index is 11.9. The minimum atomic E-state index is -0.582. The number of hydrogen-bond donors (Lipinski definition) is 1. The van der Waals surface area contributed by atoms with Crippen molar-refractivity contribution in [1.82, 2.24) is 19.6 Å². The van der Waals surface area contributed by atoms with Gasteiger partial charge in [0.15, 0.2) is 5.69 Å². The SMILES string of the molecule is COC(=O)c1[nH]n(C)c(=O)c1-c1cnn(C)c1. The van der Waals surface area contributed by atoms with Crippen molar-refractivity contribution in [2.45, 2.75) is 0 Å². The number of aromatic amines is 1. The number of nitrogens with one attached hydrogen (secondary N) is 1. The molecule has 7 heteroatoms. The molecule has 0 aliphatic rings. The second kappa shape index (κ2) is 3.93. The highest BCUT2D eigenvalue weighted by Crippen LogP contribution is 2.18. The van der Waals surface area contributed by atoms with E-state index in [0.29, 0.717) is 5.56 Å². The normalized spacial score (nSPS) is 10.5. The first-order valence-corrected chi connectivity index (χ1v) is 4.91. The van der Waals surface area contributed by atoms with Crippen molar-refractivity contribution in [1.29, 1.82) is 0 Å². The summed E-state index contributed by atoms with van der Waals surface area (Å²) in [7, 11) is 4.54. The van der Waals surface area contributed by atoms with Crippen LogP contribution in [0.25, 0.3) is 11.1 Å². The largest absolute Gasteiger partial charge is 0.464 e. The molecule has 0 amide bonds. The van der Waals surface area contributed by atoms with Crippen LogP contribution in [0.4, 0.5) is 0 Å². The van der Waals surface area contributed by atoms with Gasteiger partial charge in [-0.15, -0.1) is 0 Å². The second-order valence-electron chi connectivity index (χ2n) is 3.62. The number of H-pyrrole nitrogens is 1. The molecule has 2 aromatic rings. The standard InChI is InChI=1S/C10H12N4O3/c1-13-5-6(4-11-13)7-8(10(16)17-3)12-14(2)9(7)15/h4-5,12H,1-3H3. The predicted octanol–water partition coefficient (Wildman–Crippen LogP) is -0.0995. The van der Waals surface area contributed by atoms with Gasteiger partial charge in [-0.1, -0.05) is 0 Å². The first kappa shape index (κ1) is 11.2. The summed E-state index contributed by atoms with van der Waals surface area (Å²) in [4.78, 5) is 23.5. The summed E-state index contributed by atoms with van der Waals surface area (Å²) < 4.78 is 7.41. The molecule has 2 heterocycles. The number of methoxy groups -OCH3 is 1. The van der Waals surface area contributed by atoms with Crippen molar-refractivity contribution in [3.05, 3.63) is 28.4 Å². The Bertz CT molecular complexity index is 620. The second-order valence-corrected chi connectivity index (χ2v) is 3.62. The Kier molecular flexibility index (Phi) is 2.58. The molecular formula is C10H12N4O3. The Morgan fingerprint density at radius 2 is 2.18 bits per heavy atom. The van der Waals surface area contributed by atoms with E-state index < -0.39 is 5.97 Å². The van der Waals surface area contributed by atoms with Gasteiger partial charge in [0, 0.05) is 25.9 Å². The first-order chi connectivity index (χ1) is 8.04. The number of aromatic nitrogens is 4. The minimum absolute atomic E-state index is 0.132. The molecule has 0 aromatic carbocycles. The van der Waals surface area contributed by atoms with Crippen LogP contribution in [0, 0.1) is 0 Å². The first-order valence-electron chi connectivity index (χ1n) is 4.91. The lowest BCUT2D eigenvalue weighted by Gasteiger charge is -1.97. The van der Waals surface area contributed by atoms with Crippen molar-refractivity contribution >= 4 is 5.97 Å². The van der Waals surface area contributed by atoms with Crippen molar-refractivity contribution < 1.29 is 9.53 Å². The fourth-order valence-electron chi connectivity index (χ4n) is 1.62. The number of nitrogens with zero attached hydrogens (tertiary/aromatic N) is 3. The van der Waals surface area contributed by atoms with Gasteiger partial charge in [0.2, 0.25) is 0 Å². The third-order valence-electron chi connectivity index (χ3n) is 2.43. The monoisotopic (exact) mass is 236 g/mol. The fraction of sp³-hybridized carbons (Fsp3) is 0.300. The van der Waals surface area contributed by atoms with Gasteiger partial charge in [0.1, 0.15) is 0 Å². The number of carbonyl (C=O) groups excluding carboxylic acids is 1. The smallest absolute Gasteiger partial charge is 0.356 e. The van der Waals surface area contributed by atoms with Crippen LogP contribution in [0.15, 0.2) is 17.2 Å². The van der Waals surface area contributed by atoms with Gasteiger partial charge < -0.3 is 4.74 Å². The van der Waals surface area contributed by atoms with Gasteiger partial charge in [-0.3, -0.25) is 19.3 Å². The van der Waals surface area contributed by atoms with Crippen LogP contribution < -0.4 is 5.56 Å². The Labute approximate surface area is 96.6 Å². The quantitative estimate of drug-likeness (QED) is 0.738. The topological polar surface area (TPSA) is 81.9 Å². The van der Waals surface area contributed by atoms with Crippen LogP contribution in [-0.4, -0.2) is 32.6 Å². The summed E-state index contributed by atoms with van der Waals surface area (Å²) in [6.07, 6.45) is 3.19. The van der Waals surface area contributed by atoms with Crippen LogP contribution in [0.5, 0.6) is 0 Å². The molecule has 0 fully saturated rings. The van der Waals surface area contributed by atoms with Gasteiger partial charge in [-0.2, -0.15) is 5.10 Å². The van der Waals surface area contributed by atoms with Crippen LogP contribution >= 0.6 is 0 Å². The number of ether oxygens (including phenoxy) is 1. The summed E-state index contributed by atoms with van der Waals surface area (Å²) in [5, 5.41) is 6.64. The Morgan fingerprint density at radius 3 is 2.71 bits per heavy atom. The summed E-state index contributed by atoms with van der Waals surface area (Å²) in [5.74, 6) is -0.582. The molecule has 0 aliphatic carbocycles. The average Bonchev–Trinajstić information content (AvgIpc) is 2.84. The predicted molar refractivity (Wildman–Crippen MR) is 59.6 cm³/mol. The van der Waals surface area contributed by atoms with E-state index in [-0.39, 0.29) is 16.8 Å². The lowest BCUT2D eigenvalue weighted by Crippen LogP contribution is -2.12. The van der Waals surface area contributed by atoms with E-state index >= 15 is 0 Å². The third kappa shape index (κ3) is 1.75. The fourth-order valence-corrected chi connectivity index (χ4v) is 1.62. The van der Waals surface area contributed by atoms with Gasteiger partial charge in [-0.05, 0) is 0 Å². The Morgan fingerprint density at radius 1 is 1.47 bits per heavy atom. The van der Waals surface area contributed by atoms with E-state index in [4.69, 9.17) is 0 Å². The molecule has 1 N–H and O–H groups in total. The molecule has 0 spiro atoms. The lowest BCUT2D eigenvalue weighted by atomic mass is 10.1. The van der Waals surface area contributed by atoms with E-state index in [1.54, 1.807) is 17.9 Å². The number of esters is 1. The van der Waals surface area contributed by atoms with Gasteiger partial charge in [0.05, 0.1) is 18.9 Å². The molecule has 17 heavy (non-hydrogen) atoms. The summed E-state index contributed by atoms with van der Waals surface area (Å²) >= 11 is 0. The van der Waals surface area contributed by atoms with Gasteiger partial charge >= 0.3 is 5.97 Å². The van der Waals surface area contributed by atoms with Gasteiger partial charge in [0.25, 0.3) is 5.56 Å².